The minimum Gasteiger partial charge on any atom is -0.497 e. The molecule has 3 aromatic rings. The van der Waals surface area contributed by atoms with Crippen molar-refractivity contribution in [3.63, 3.8) is 0 Å². The molecule has 2 amide bonds. The third-order valence-corrected chi connectivity index (χ3v) is 5.19. The number of amides is 2. The van der Waals surface area contributed by atoms with Crippen molar-refractivity contribution in [2.75, 3.05) is 17.7 Å². The molecule has 1 aliphatic heterocycles. The van der Waals surface area contributed by atoms with Crippen LogP contribution in [-0.2, 0) is 9.59 Å². The lowest BCUT2D eigenvalue weighted by atomic mass is 10.1. The number of carbonyl (C=O) groups is 2. The van der Waals surface area contributed by atoms with Crippen LogP contribution in [-0.4, -0.2) is 28.7 Å². The topological polar surface area (TPSA) is 85.2 Å². The lowest BCUT2D eigenvalue weighted by Crippen LogP contribution is -2.36. The largest absolute Gasteiger partial charge is 0.497 e. The first-order valence-corrected chi connectivity index (χ1v) is 9.44. The van der Waals surface area contributed by atoms with Crippen LogP contribution in [0.1, 0.15) is 18.0 Å². The molecule has 2 N–H and O–H groups in total. The number of hydrogen-bond acceptors (Lipinski definition) is 4. The summed E-state index contributed by atoms with van der Waals surface area (Å²) < 4.78 is 6.76. The number of nitrogens with one attached hydrogen (secondary N) is 2. The number of fused-ring (bicyclic) bond motifs is 1. The number of hydrogen-bond donors (Lipinski definition) is 2. The van der Waals surface area contributed by atoms with Gasteiger partial charge in [-0.05, 0) is 19.1 Å². The number of methoxy groups -OCH3 is 1. The van der Waals surface area contributed by atoms with Gasteiger partial charge in [0.05, 0.1) is 29.9 Å². The first-order chi connectivity index (χ1) is 14.0. The van der Waals surface area contributed by atoms with Crippen LogP contribution in [0.25, 0.3) is 11.3 Å². The second kappa shape index (κ2) is 7.60. The molecule has 29 heavy (non-hydrogen) atoms. The molecular weight excluding hydrogens is 392 g/mol. The van der Waals surface area contributed by atoms with E-state index in [-0.39, 0.29) is 18.2 Å². The van der Waals surface area contributed by atoms with Gasteiger partial charge in [-0.15, -0.1) is 0 Å². The molecule has 1 atom stereocenters. The normalized spacial score (nSPS) is 15.4. The zero-order chi connectivity index (χ0) is 20.5. The van der Waals surface area contributed by atoms with Crippen molar-refractivity contribution in [2.24, 2.45) is 0 Å². The van der Waals surface area contributed by atoms with Gasteiger partial charge in [0.1, 0.15) is 17.6 Å². The molecule has 7 nitrogen and oxygen atoms in total. The molecule has 8 heteroatoms. The molecule has 1 aliphatic rings. The van der Waals surface area contributed by atoms with Crippen molar-refractivity contribution in [2.45, 2.75) is 19.4 Å². The predicted molar refractivity (Wildman–Crippen MR) is 111 cm³/mol. The van der Waals surface area contributed by atoms with E-state index in [1.807, 2.05) is 37.3 Å². The van der Waals surface area contributed by atoms with E-state index in [1.165, 1.54) is 7.11 Å². The minimum atomic E-state index is -0.794. The molecule has 0 bridgehead atoms. The summed E-state index contributed by atoms with van der Waals surface area (Å²) in [6, 6.07) is 13.8. The number of carbonyl (C=O) groups excluding carboxylic acids is 2. The fourth-order valence-corrected chi connectivity index (χ4v) is 3.52. The van der Waals surface area contributed by atoms with Crippen LogP contribution in [0.3, 0.4) is 0 Å². The number of rotatable bonds is 4. The van der Waals surface area contributed by atoms with Crippen LogP contribution < -0.4 is 15.4 Å². The van der Waals surface area contributed by atoms with Gasteiger partial charge in [-0.3, -0.25) is 9.59 Å². The van der Waals surface area contributed by atoms with Crippen molar-refractivity contribution >= 4 is 34.9 Å². The van der Waals surface area contributed by atoms with E-state index in [0.717, 1.165) is 16.8 Å². The number of ether oxygens (including phenoxy) is 1. The van der Waals surface area contributed by atoms with Crippen molar-refractivity contribution in [3.05, 3.63) is 59.1 Å². The first-order valence-electron chi connectivity index (χ1n) is 9.06. The van der Waals surface area contributed by atoms with Gasteiger partial charge in [-0.25, -0.2) is 4.68 Å². The molecule has 148 valence electrons. The van der Waals surface area contributed by atoms with Gasteiger partial charge in [0.2, 0.25) is 11.8 Å². The lowest BCUT2D eigenvalue weighted by Gasteiger charge is -2.24. The average molecular weight is 411 g/mol. The molecular formula is C21H19ClN4O3. The van der Waals surface area contributed by atoms with Crippen molar-refractivity contribution in [1.29, 1.82) is 0 Å². The van der Waals surface area contributed by atoms with E-state index in [1.54, 1.807) is 22.9 Å². The molecule has 0 aliphatic carbocycles. The van der Waals surface area contributed by atoms with Crippen LogP contribution in [0.15, 0.2) is 48.5 Å². The van der Waals surface area contributed by atoms with Gasteiger partial charge >= 0.3 is 0 Å². The highest BCUT2D eigenvalue weighted by atomic mass is 35.5. The summed E-state index contributed by atoms with van der Waals surface area (Å²) in [4.78, 5) is 25.3. The van der Waals surface area contributed by atoms with Crippen LogP contribution >= 0.6 is 11.6 Å². The summed E-state index contributed by atoms with van der Waals surface area (Å²) in [6.07, 6.45) is -0.0181. The molecule has 4 rings (SSSR count). The van der Waals surface area contributed by atoms with E-state index in [2.05, 4.69) is 15.7 Å². The van der Waals surface area contributed by atoms with Gasteiger partial charge in [0.15, 0.2) is 0 Å². The van der Waals surface area contributed by atoms with Gasteiger partial charge < -0.3 is 15.4 Å². The second-order valence-corrected chi connectivity index (χ2v) is 7.14. The lowest BCUT2D eigenvalue weighted by molar-refractivity contribution is -0.125. The number of nitrogens with zero attached hydrogens (tertiary/aromatic N) is 2. The monoisotopic (exact) mass is 410 g/mol. The summed E-state index contributed by atoms with van der Waals surface area (Å²) >= 11 is 6.20. The smallest absolute Gasteiger partial charge is 0.249 e. The number of anilines is 2. The van der Waals surface area contributed by atoms with Crippen LogP contribution in [0.4, 0.5) is 11.5 Å². The minimum absolute atomic E-state index is 0.0181. The highest BCUT2D eigenvalue weighted by Gasteiger charge is 2.34. The first kappa shape index (κ1) is 19.0. The molecule has 2 aromatic carbocycles. The average Bonchev–Trinajstić information content (AvgIpc) is 3.06. The van der Waals surface area contributed by atoms with Gasteiger partial charge in [-0.2, -0.15) is 5.10 Å². The quantitative estimate of drug-likeness (QED) is 0.679. The molecule has 0 saturated carbocycles. The third kappa shape index (κ3) is 3.56. The standard InChI is InChI=1S/C21H19ClN4O3/c1-12-19(13-6-4-3-5-7-13)25-26-17(11-18(27)24-20(12)26)21(28)23-16-10-14(29-2)8-9-15(16)22/h3-10,17H,11H2,1-2H3,(H,23,28)(H,24,27). The second-order valence-electron chi connectivity index (χ2n) is 6.74. The van der Waals surface area contributed by atoms with Crippen LogP contribution in [0.2, 0.25) is 5.02 Å². The van der Waals surface area contributed by atoms with Gasteiger partial charge in [0.25, 0.3) is 0 Å². The maximum atomic E-state index is 13.0. The Labute approximate surface area is 172 Å². The molecule has 0 saturated heterocycles. The van der Waals surface area contributed by atoms with E-state index >= 15 is 0 Å². The number of aromatic nitrogens is 2. The van der Waals surface area contributed by atoms with E-state index < -0.39 is 6.04 Å². The highest BCUT2D eigenvalue weighted by molar-refractivity contribution is 6.33. The van der Waals surface area contributed by atoms with Crippen LogP contribution in [0, 0.1) is 6.92 Å². The Hall–Kier alpha value is -3.32. The Morgan fingerprint density at radius 1 is 1.28 bits per heavy atom. The highest BCUT2D eigenvalue weighted by Crippen LogP contribution is 2.35. The molecule has 1 aromatic heterocycles. The van der Waals surface area contributed by atoms with E-state index in [4.69, 9.17) is 16.3 Å². The molecule has 0 fully saturated rings. The maximum absolute atomic E-state index is 13.0. The summed E-state index contributed by atoms with van der Waals surface area (Å²) in [7, 11) is 1.53. The Morgan fingerprint density at radius 3 is 2.76 bits per heavy atom. The zero-order valence-electron chi connectivity index (χ0n) is 15.9. The number of halogens is 1. The third-order valence-electron chi connectivity index (χ3n) is 4.86. The van der Waals surface area contributed by atoms with Crippen molar-refractivity contribution in [3.8, 4) is 17.0 Å². The maximum Gasteiger partial charge on any atom is 0.249 e. The van der Waals surface area contributed by atoms with Gasteiger partial charge in [-0.1, -0.05) is 41.9 Å². The van der Waals surface area contributed by atoms with Crippen LogP contribution in [0.5, 0.6) is 5.75 Å². The SMILES string of the molecule is COc1ccc(Cl)c(NC(=O)C2CC(=O)Nc3c(C)c(-c4ccccc4)nn32)c1. The summed E-state index contributed by atoms with van der Waals surface area (Å²) in [5, 5.41) is 10.6. The van der Waals surface area contributed by atoms with Crippen molar-refractivity contribution in [1.82, 2.24) is 9.78 Å². The molecule has 2 heterocycles. The van der Waals surface area contributed by atoms with Gasteiger partial charge in [0, 0.05) is 17.2 Å². The zero-order valence-corrected chi connectivity index (χ0v) is 16.7. The summed E-state index contributed by atoms with van der Waals surface area (Å²) in [5.41, 5.74) is 2.85. The van der Waals surface area contributed by atoms with E-state index in [0.29, 0.717) is 22.3 Å². The molecule has 0 radical (unpaired) electrons. The predicted octanol–water partition coefficient (Wildman–Crippen LogP) is 4.04. The summed E-state index contributed by atoms with van der Waals surface area (Å²) in [6.45, 7) is 1.88. The Bertz CT molecular complexity index is 1090. The number of benzene rings is 2. The molecule has 1 unspecified atom stereocenters. The fraction of sp³-hybridized carbons (Fsp3) is 0.190. The Balaban J connectivity index is 1.70. The van der Waals surface area contributed by atoms with Crippen molar-refractivity contribution < 1.29 is 14.3 Å². The Morgan fingerprint density at radius 2 is 2.03 bits per heavy atom. The molecule has 0 spiro atoms. The Kier molecular flexibility index (Phi) is 4.98. The fourth-order valence-electron chi connectivity index (χ4n) is 3.36. The summed E-state index contributed by atoms with van der Waals surface area (Å²) in [5.74, 6) is 0.473. The van der Waals surface area contributed by atoms with E-state index in [9.17, 15) is 9.59 Å².